The van der Waals surface area contributed by atoms with Crippen molar-refractivity contribution in [2.45, 2.75) is 51.7 Å². The van der Waals surface area contributed by atoms with Gasteiger partial charge in [-0.15, -0.1) is 0 Å². The van der Waals surface area contributed by atoms with E-state index in [-0.39, 0.29) is 5.91 Å². The first-order chi connectivity index (χ1) is 29.4. The number of hydrogen-bond acceptors (Lipinski definition) is 15. The molecule has 0 aliphatic carbocycles. The minimum atomic E-state index is 0.108. The summed E-state index contributed by atoms with van der Waals surface area (Å²) in [5.74, 6) is 1.93. The van der Waals surface area contributed by atoms with Gasteiger partial charge in [-0.1, -0.05) is 18.2 Å². The summed E-state index contributed by atoms with van der Waals surface area (Å²) >= 11 is 0. The summed E-state index contributed by atoms with van der Waals surface area (Å²) in [6.07, 6.45) is 9.44. The first-order valence-corrected chi connectivity index (χ1v) is 20.5. The molecule has 0 bridgehead atoms. The second kappa shape index (κ2) is 16.0. The molecule has 1 saturated heterocycles. The average Bonchev–Trinajstić information content (AvgIpc) is 3.71. The van der Waals surface area contributed by atoms with Crippen LogP contribution in [0.15, 0.2) is 54.9 Å². The van der Waals surface area contributed by atoms with Crippen LogP contribution in [0.2, 0.25) is 0 Å². The van der Waals surface area contributed by atoms with Crippen LogP contribution in [0.25, 0.3) is 27.4 Å². The molecule has 0 radical (unpaired) electrons. The molecule has 16 nitrogen and oxygen atoms in total. The van der Waals surface area contributed by atoms with E-state index in [1.54, 1.807) is 20.4 Å². The van der Waals surface area contributed by atoms with Crippen LogP contribution in [0, 0.1) is 0 Å². The molecule has 1 fully saturated rings. The molecule has 0 spiro atoms. The molecule has 60 heavy (non-hydrogen) atoms. The summed E-state index contributed by atoms with van der Waals surface area (Å²) in [6, 6.07) is 12.0. The molecule has 9 heterocycles. The van der Waals surface area contributed by atoms with Crippen LogP contribution in [0.5, 0.6) is 11.8 Å². The van der Waals surface area contributed by atoms with Crippen molar-refractivity contribution in [1.29, 1.82) is 0 Å². The molecule has 0 saturated carbocycles. The number of pyridine rings is 3. The number of hydrogen-bond donors (Lipinski definition) is 2. The second-order valence-corrected chi connectivity index (χ2v) is 15.7. The maximum absolute atomic E-state index is 12.7. The summed E-state index contributed by atoms with van der Waals surface area (Å²) < 4.78 is 17.2. The number of amides is 1. The largest absolute Gasteiger partial charge is 0.480 e. The highest BCUT2D eigenvalue weighted by Gasteiger charge is 2.27. The molecule has 6 aromatic rings. The van der Waals surface area contributed by atoms with E-state index in [4.69, 9.17) is 44.1 Å². The second-order valence-electron chi connectivity index (χ2n) is 15.7. The van der Waals surface area contributed by atoms with Crippen LogP contribution in [0.1, 0.15) is 53.2 Å². The van der Waals surface area contributed by atoms with Gasteiger partial charge in [0, 0.05) is 81.7 Å². The Morgan fingerprint density at radius 2 is 1.57 bits per heavy atom. The van der Waals surface area contributed by atoms with Gasteiger partial charge < -0.3 is 34.6 Å². The van der Waals surface area contributed by atoms with Gasteiger partial charge in [0.1, 0.15) is 16.9 Å². The highest BCUT2D eigenvalue weighted by molar-refractivity contribution is 6.03. The maximum Gasteiger partial charge on any atom is 0.237 e. The minimum absolute atomic E-state index is 0.108. The normalized spacial score (nSPS) is 17.1. The van der Waals surface area contributed by atoms with Crippen molar-refractivity contribution in [3.63, 3.8) is 0 Å². The van der Waals surface area contributed by atoms with E-state index < -0.39 is 0 Å². The van der Waals surface area contributed by atoms with Crippen molar-refractivity contribution >= 4 is 62.2 Å². The quantitative estimate of drug-likeness (QED) is 0.172. The van der Waals surface area contributed by atoms with Crippen molar-refractivity contribution < 1.29 is 19.0 Å². The Bertz CT molecular complexity index is 2690. The maximum atomic E-state index is 12.7. The summed E-state index contributed by atoms with van der Waals surface area (Å²) in [4.78, 5) is 53.6. The number of nitrogens with one attached hydrogen (secondary N) is 2. The third-order valence-electron chi connectivity index (χ3n) is 11.7. The number of para-hydroxylation sites is 1. The zero-order valence-corrected chi connectivity index (χ0v) is 34.0. The fraction of sp³-hybridized carbons (Fsp3) is 0.364. The number of carbonyl (C=O) groups is 1. The molecule has 4 aliphatic rings. The Hall–Kier alpha value is -6.36. The fourth-order valence-electron chi connectivity index (χ4n) is 8.68. The number of rotatable bonds is 10. The van der Waals surface area contributed by atoms with Crippen molar-refractivity contribution in [1.82, 2.24) is 44.7 Å². The van der Waals surface area contributed by atoms with Crippen LogP contribution in [-0.4, -0.2) is 105 Å². The number of likely N-dealkylation sites (N-methyl/N-ethyl adjacent to an activating group) is 1. The molecule has 10 rings (SSSR count). The summed E-state index contributed by atoms with van der Waals surface area (Å²) in [6.45, 7) is 5.57. The molecular weight excluding hydrogens is 761 g/mol. The van der Waals surface area contributed by atoms with Gasteiger partial charge in [0.15, 0.2) is 0 Å². The van der Waals surface area contributed by atoms with E-state index in [0.717, 1.165) is 112 Å². The molecule has 1 amide bonds. The van der Waals surface area contributed by atoms with Crippen LogP contribution < -0.4 is 25.0 Å². The monoisotopic (exact) mass is 806 g/mol. The van der Waals surface area contributed by atoms with Crippen molar-refractivity contribution in [2.75, 3.05) is 69.6 Å². The van der Waals surface area contributed by atoms with Gasteiger partial charge in [0.2, 0.25) is 29.6 Å². The number of nitrogens with zero attached hydrogens (tertiary/aromatic N) is 10. The van der Waals surface area contributed by atoms with Crippen molar-refractivity contribution in [3.05, 3.63) is 88.8 Å². The molecule has 5 aromatic heterocycles. The lowest BCUT2D eigenvalue weighted by Gasteiger charge is -2.29. The number of aromatic nitrogens is 7. The molecular formula is C44H46N12O4. The Balaban J connectivity index is 0.970. The lowest BCUT2D eigenvalue weighted by Crippen LogP contribution is -2.31. The number of anilines is 5. The first-order valence-electron chi connectivity index (χ1n) is 20.5. The van der Waals surface area contributed by atoms with Gasteiger partial charge in [0.25, 0.3) is 0 Å². The number of benzene rings is 1. The SMILES string of the molecule is COc1nc2c(cc1Nc1ncc3cccc(N4CCCC4=O)c3n1)CN(Cc1nc(Nc3cc4c(nc3OC)CCN(C)C4)nc3c(C4=CCOCC4)nccc13)CC2. The molecule has 306 valence electrons. The number of ether oxygens (including phenoxy) is 3. The van der Waals surface area contributed by atoms with Crippen LogP contribution in [0.4, 0.5) is 29.0 Å². The molecule has 0 atom stereocenters. The van der Waals surface area contributed by atoms with E-state index in [2.05, 4.69) is 50.7 Å². The number of methoxy groups -OCH3 is 2. The zero-order chi connectivity index (χ0) is 40.7. The Labute approximate surface area is 347 Å². The Kier molecular flexibility index (Phi) is 10.1. The van der Waals surface area contributed by atoms with Gasteiger partial charge in [-0.3, -0.25) is 14.7 Å². The molecule has 1 aromatic carbocycles. The molecule has 4 aliphatic heterocycles. The first kappa shape index (κ1) is 37.9. The minimum Gasteiger partial charge on any atom is -0.480 e. The van der Waals surface area contributed by atoms with E-state index in [9.17, 15) is 4.79 Å². The van der Waals surface area contributed by atoms with Gasteiger partial charge in [-0.25, -0.2) is 29.9 Å². The van der Waals surface area contributed by atoms with Gasteiger partial charge in [0.05, 0.1) is 61.4 Å². The van der Waals surface area contributed by atoms with E-state index in [1.807, 2.05) is 35.4 Å². The summed E-state index contributed by atoms with van der Waals surface area (Å²) in [5, 5.41) is 8.68. The van der Waals surface area contributed by atoms with Crippen LogP contribution in [0.3, 0.4) is 0 Å². The smallest absolute Gasteiger partial charge is 0.237 e. The van der Waals surface area contributed by atoms with E-state index >= 15 is 0 Å². The molecule has 2 N–H and O–H groups in total. The highest BCUT2D eigenvalue weighted by Crippen LogP contribution is 2.36. The van der Waals surface area contributed by atoms with E-state index in [1.165, 1.54) is 0 Å². The lowest BCUT2D eigenvalue weighted by atomic mass is 10.0. The van der Waals surface area contributed by atoms with E-state index in [0.29, 0.717) is 74.1 Å². The van der Waals surface area contributed by atoms with Gasteiger partial charge >= 0.3 is 0 Å². The predicted octanol–water partition coefficient (Wildman–Crippen LogP) is 5.74. The third kappa shape index (κ3) is 7.31. The zero-order valence-electron chi connectivity index (χ0n) is 34.0. The van der Waals surface area contributed by atoms with Crippen molar-refractivity contribution in [3.8, 4) is 11.8 Å². The predicted molar refractivity (Wildman–Crippen MR) is 228 cm³/mol. The Morgan fingerprint density at radius 3 is 2.32 bits per heavy atom. The van der Waals surface area contributed by atoms with Gasteiger partial charge in [-0.2, -0.15) is 0 Å². The summed E-state index contributed by atoms with van der Waals surface area (Å²) in [5.41, 5.74) is 10.8. The highest BCUT2D eigenvalue weighted by atomic mass is 16.5. The number of carbonyl (C=O) groups excluding carboxylic acids is 1. The topological polar surface area (TPSA) is 169 Å². The lowest BCUT2D eigenvalue weighted by molar-refractivity contribution is -0.117. The molecule has 16 heteroatoms. The fourth-order valence-corrected chi connectivity index (χ4v) is 8.68. The third-order valence-corrected chi connectivity index (χ3v) is 11.7. The Morgan fingerprint density at radius 1 is 0.800 bits per heavy atom. The molecule has 0 unspecified atom stereocenters. The average molecular weight is 807 g/mol. The standard InChI is InChI=1S/C44H46N12O4/c1-54-16-10-31-28(23-54)20-34(42(47-31)59-3)50-44-51-35(30-9-14-45-39(40(30)53-44)26-12-18-60-19-13-26)25-55-17-11-32-29(24-55)21-33(41(48-32)58-2)49-43-46-22-27-6-4-7-36(38(27)52-43)56-15-5-8-37(56)57/h4,6-7,9,12,14,20-22H,5,8,10-11,13,15-19,23-25H2,1-3H3,(H,46,49,52)(H,50,51,53). The summed E-state index contributed by atoms with van der Waals surface area (Å²) in [7, 11) is 5.38. The van der Waals surface area contributed by atoms with Crippen molar-refractivity contribution in [2.24, 2.45) is 0 Å². The van der Waals surface area contributed by atoms with Crippen LogP contribution >= 0.6 is 0 Å². The van der Waals surface area contributed by atoms with Crippen LogP contribution in [-0.2, 0) is 42.0 Å². The number of fused-ring (bicyclic) bond motifs is 4. The van der Waals surface area contributed by atoms with Gasteiger partial charge in [-0.05, 0) is 60.9 Å².